The monoisotopic (exact) mass is 584 g/mol. The standard InChI is InChI=1S/C26H29BrN6O5/c1-15-12-32(13-16(2)38-15)25(34)20-8-17(27)9-23(33(36)37)24(20)30-18-4-3-7-31(14-18)26(35)21-10-28-11-22-19(21)5-6-29-22/h5-6,8-11,15-16,18,29-30H,3-4,7,12-14H2,1-2H3/t15-,16+,18-/m1/s1. The molecule has 2 amide bonds. The number of fused-ring (bicyclic) bond motifs is 1. The second-order valence-electron chi connectivity index (χ2n) is 9.93. The van der Waals surface area contributed by atoms with Crippen molar-refractivity contribution in [2.45, 2.75) is 44.9 Å². The molecule has 0 bridgehead atoms. The highest BCUT2D eigenvalue weighted by molar-refractivity contribution is 9.10. The van der Waals surface area contributed by atoms with Gasteiger partial charge in [-0.25, -0.2) is 0 Å². The third-order valence-corrected chi connectivity index (χ3v) is 7.44. The Morgan fingerprint density at radius 3 is 2.61 bits per heavy atom. The van der Waals surface area contributed by atoms with Gasteiger partial charge in [-0.05, 0) is 38.8 Å². The van der Waals surface area contributed by atoms with Crippen molar-refractivity contribution in [1.82, 2.24) is 19.8 Å². The van der Waals surface area contributed by atoms with E-state index in [0.717, 1.165) is 10.9 Å². The number of benzene rings is 1. The topological polar surface area (TPSA) is 134 Å². The van der Waals surface area contributed by atoms with Crippen LogP contribution in [-0.2, 0) is 4.74 Å². The number of ether oxygens (including phenoxy) is 1. The van der Waals surface area contributed by atoms with Crippen LogP contribution in [0.4, 0.5) is 11.4 Å². The molecule has 5 rings (SSSR count). The first-order chi connectivity index (χ1) is 18.2. The molecule has 3 aromatic rings. The molecule has 4 heterocycles. The van der Waals surface area contributed by atoms with Crippen LogP contribution in [0.1, 0.15) is 47.4 Å². The number of carbonyl (C=O) groups is 2. The fraction of sp³-hybridized carbons (Fsp3) is 0.423. The highest BCUT2D eigenvalue weighted by Crippen LogP contribution is 2.35. The number of hydrogen-bond acceptors (Lipinski definition) is 7. The number of aromatic nitrogens is 2. The number of nitro groups is 1. The van der Waals surface area contributed by atoms with Crippen LogP contribution in [-0.4, -0.2) is 80.9 Å². The van der Waals surface area contributed by atoms with E-state index in [1.165, 1.54) is 6.07 Å². The molecule has 0 spiro atoms. The lowest BCUT2D eigenvalue weighted by atomic mass is 10.0. The van der Waals surface area contributed by atoms with Crippen molar-refractivity contribution >= 4 is 50.0 Å². The summed E-state index contributed by atoms with van der Waals surface area (Å²) in [6, 6.07) is 4.58. The van der Waals surface area contributed by atoms with Crippen LogP contribution in [0.3, 0.4) is 0 Å². The molecule has 0 saturated carbocycles. The third kappa shape index (κ3) is 5.23. The van der Waals surface area contributed by atoms with Gasteiger partial charge in [-0.3, -0.25) is 24.7 Å². The largest absolute Gasteiger partial charge is 0.374 e. The van der Waals surface area contributed by atoms with Gasteiger partial charge in [-0.15, -0.1) is 0 Å². The Balaban J connectivity index is 1.42. The second kappa shape index (κ2) is 10.7. The summed E-state index contributed by atoms with van der Waals surface area (Å²) in [7, 11) is 0. The number of amides is 2. The van der Waals surface area contributed by atoms with Crippen molar-refractivity contribution in [1.29, 1.82) is 0 Å². The SMILES string of the molecule is C[C@@H]1CN(C(=O)c2cc(Br)cc([N+](=O)[O-])c2N[C@@H]2CCCN(C(=O)c3cncc4[nH]ccc34)C2)C[C@H](C)O1. The van der Waals surface area contributed by atoms with Gasteiger partial charge >= 0.3 is 0 Å². The maximum atomic E-state index is 13.6. The van der Waals surface area contributed by atoms with E-state index >= 15 is 0 Å². The Labute approximate surface area is 227 Å². The summed E-state index contributed by atoms with van der Waals surface area (Å²) in [5.41, 5.74) is 1.48. The zero-order valence-corrected chi connectivity index (χ0v) is 22.7. The predicted octanol–water partition coefficient (Wildman–Crippen LogP) is 4.20. The number of morpholine rings is 1. The molecule has 0 unspecified atom stereocenters. The lowest BCUT2D eigenvalue weighted by molar-refractivity contribution is -0.384. The smallest absolute Gasteiger partial charge is 0.294 e. The first-order valence-electron chi connectivity index (χ1n) is 12.6. The lowest BCUT2D eigenvalue weighted by Crippen LogP contribution is -2.48. The molecule has 2 aliphatic rings. The maximum absolute atomic E-state index is 13.6. The summed E-state index contributed by atoms with van der Waals surface area (Å²) in [6.07, 6.45) is 6.14. The molecule has 11 nitrogen and oxygen atoms in total. The number of anilines is 1. The molecule has 200 valence electrons. The quantitative estimate of drug-likeness (QED) is 0.339. The van der Waals surface area contributed by atoms with E-state index < -0.39 is 4.92 Å². The number of rotatable bonds is 5. The second-order valence-corrected chi connectivity index (χ2v) is 10.8. The molecule has 12 heteroatoms. The number of hydrogen-bond donors (Lipinski definition) is 2. The molecule has 2 aliphatic heterocycles. The summed E-state index contributed by atoms with van der Waals surface area (Å²) in [5.74, 6) is -0.444. The minimum Gasteiger partial charge on any atom is -0.374 e. The van der Waals surface area contributed by atoms with Gasteiger partial charge in [-0.2, -0.15) is 0 Å². The highest BCUT2D eigenvalue weighted by Gasteiger charge is 2.33. The minimum atomic E-state index is -0.488. The molecule has 38 heavy (non-hydrogen) atoms. The van der Waals surface area contributed by atoms with E-state index in [9.17, 15) is 19.7 Å². The van der Waals surface area contributed by atoms with Crippen LogP contribution in [0, 0.1) is 10.1 Å². The van der Waals surface area contributed by atoms with Crippen molar-refractivity contribution in [2.24, 2.45) is 0 Å². The van der Waals surface area contributed by atoms with E-state index in [-0.39, 0.29) is 47.0 Å². The number of nitrogens with zero attached hydrogens (tertiary/aromatic N) is 4. The summed E-state index contributed by atoms with van der Waals surface area (Å²) >= 11 is 3.34. The van der Waals surface area contributed by atoms with Gasteiger partial charge in [0.1, 0.15) is 5.69 Å². The van der Waals surface area contributed by atoms with E-state index in [4.69, 9.17) is 4.74 Å². The van der Waals surface area contributed by atoms with Crippen LogP contribution in [0.2, 0.25) is 0 Å². The number of piperidine rings is 1. The van der Waals surface area contributed by atoms with Gasteiger partial charge in [0.25, 0.3) is 17.5 Å². The number of likely N-dealkylation sites (tertiary alicyclic amines) is 1. The molecular formula is C26H29BrN6O5. The molecule has 2 N–H and O–H groups in total. The molecular weight excluding hydrogens is 556 g/mol. The first kappa shape index (κ1) is 26.1. The van der Waals surface area contributed by atoms with Crippen LogP contribution >= 0.6 is 15.9 Å². The van der Waals surface area contributed by atoms with Crippen molar-refractivity contribution in [3.63, 3.8) is 0 Å². The van der Waals surface area contributed by atoms with Gasteiger partial charge in [0.15, 0.2) is 0 Å². The van der Waals surface area contributed by atoms with Crippen molar-refractivity contribution in [3.8, 4) is 0 Å². The Bertz CT molecular complexity index is 1380. The van der Waals surface area contributed by atoms with Gasteiger partial charge in [0, 0.05) is 60.5 Å². The van der Waals surface area contributed by atoms with E-state index in [1.54, 1.807) is 34.5 Å². The zero-order valence-electron chi connectivity index (χ0n) is 21.1. The number of nitro benzene ring substituents is 1. The number of halogens is 1. The van der Waals surface area contributed by atoms with Crippen LogP contribution in [0.15, 0.2) is 41.3 Å². The Morgan fingerprint density at radius 2 is 1.87 bits per heavy atom. The third-order valence-electron chi connectivity index (χ3n) is 6.98. The molecule has 0 aliphatic carbocycles. The predicted molar refractivity (Wildman–Crippen MR) is 145 cm³/mol. The number of nitrogens with one attached hydrogen (secondary N) is 2. The fourth-order valence-corrected chi connectivity index (χ4v) is 5.82. The Morgan fingerprint density at radius 1 is 1.13 bits per heavy atom. The van der Waals surface area contributed by atoms with Crippen molar-refractivity contribution in [2.75, 3.05) is 31.5 Å². The summed E-state index contributed by atoms with van der Waals surface area (Å²) in [4.78, 5) is 49.3. The van der Waals surface area contributed by atoms with E-state index in [1.807, 2.05) is 19.9 Å². The number of H-pyrrole nitrogens is 1. The molecule has 0 radical (unpaired) electrons. The molecule has 2 saturated heterocycles. The highest BCUT2D eigenvalue weighted by atomic mass is 79.9. The van der Waals surface area contributed by atoms with Gasteiger partial charge in [0.05, 0.1) is 40.0 Å². The Hall–Kier alpha value is -3.51. The zero-order chi connectivity index (χ0) is 27.0. The Kier molecular flexibility index (Phi) is 7.35. The summed E-state index contributed by atoms with van der Waals surface area (Å²) in [5, 5.41) is 16.1. The van der Waals surface area contributed by atoms with Gasteiger partial charge in [-0.1, -0.05) is 15.9 Å². The summed E-state index contributed by atoms with van der Waals surface area (Å²) in [6.45, 7) is 5.49. The van der Waals surface area contributed by atoms with Crippen LogP contribution in [0.5, 0.6) is 0 Å². The van der Waals surface area contributed by atoms with Gasteiger partial charge < -0.3 is 24.8 Å². The van der Waals surface area contributed by atoms with Crippen molar-refractivity contribution in [3.05, 3.63) is 62.5 Å². The minimum absolute atomic E-state index is 0.141. The normalized spacial score (nSPS) is 21.9. The number of carbonyl (C=O) groups excluding carboxylic acids is 2. The number of aromatic amines is 1. The van der Waals surface area contributed by atoms with E-state index in [2.05, 4.69) is 31.2 Å². The average Bonchev–Trinajstić information content (AvgIpc) is 3.37. The van der Waals surface area contributed by atoms with Crippen LogP contribution in [0.25, 0.3) is 10.9 Å². The maximum Gasteiger partial charge on any atom is 0.294 e. The van der Waals surface area contributed by atoms with E-state index in [0.29, 0.717) is 49.1 Å². The molecule has 2 aromatic heterocycles. The van der Waals surface area contributed by atoms with Crippen molar-refractivity contribution < 1.29 is 19.2 Å². The molecule has 1 aromatic carbocycles. The lowest BCUT2D eigenvalue weighted by Gasteiger charge is -2.36. The van der Waals surface area contributed by atoms with Gasteiger partial charge in [0.2, 0.25) is 0 Å². The molecule has 2 fully saturated rings. The average molecular weight is 585 g/mol. The fourth-order valence-electron chi connectivity index (χ4n) is 5.38. The number of pyridine rings is 1. The summed E-state index contributed by atoms with van der Waals surface area (Å²) < 4.78 is 6.21. The first-order valence-corrected chi connectivity index (χ1v) is 13.4. The van der Waals surface area contributed by atoms with Crippen LogP contribution < -0.4 is 5.32 Å². The molecule has 3 atom stereocenters.